The fourth-order valence-electron chi connectivity index (χ4n) is 1.81. The fourth-order valence-corrected chi connectivity index (χ4v) is 3.08. The molecule has 0 aliphatic heterocycles. The predicted octanol–water partition coefficient (Wildman–Crippen LogP) is 3.86. The second-order valence-corrected chi connectivity index (χ2v) is 6.41. The molecular formula is C16H13Cl2NO3S. The van der Waals surface area contributed by atoms with Gasteiger partial charge in [0.2, 0.25) is 6.10 Å². The molecule has 0 heterocycles. The second-order valence-electron chi connectivity index (χ2n) is 4.55. The molecule has 0 saturated carbocycles. The van der Waals surface area contributed by atoms with E-state index in [1.54, 1.807) is 48.5 Å². The molecule has 0 aliphatic carbocycles. The first kappa shape index (κ1) is 17.7. The van der Waals surface area contributed by atoms with Crippen LogP contribution in [0.1, 0.15) is 11.7 Å². The zero-order chi connectivity index (χ0) is 16.8. The number of benzene rings is 2. The molecule has 2 rings (SSSR count). The third-order valence-corrected chi connectivity index (χ3v) is 4.55. The number of rotatable bonds is 6. The van der Waals surface area contributed by atoms with E-state index in [9.17, 15) is 9.59 Å². The van der Waals surface area contributed by atoms with Crippen molar-refractivity contribution in [2.24, 2.45) is 5.73 Å². The van der Waals surface area contributed by atoms with Crippen LogP contribution in [0.25, 0.3) is 0 Å². The highest BCUT2D eigenvalue weighted by molar-refractivity contribution is 8.00. The van der Waals surface area contributed by atoms with Gasteiger partial charge in [-0.2, -0.15) is 0 Å². The molecule has 0 fully saturated rings. The molecule has 1 amide bonds. The number of primary amides is 1. The first-order valence-corrected chi connectivity index (χ1v) is 8.33. The van der Waals surface area contributed by atoms with Crippen LogP contribution in [-0.4, -0.2) is 17.6 Å². The van der Waals surface area contributed by atoms with Crippen molar-refractivity contribution in [3.63, 3.8) is 0 Å². The van der Waals surface area contributed by atoms with Gasteiger partial charge in [0.15, 0.2) is 0 Å². The number of thioether (sulfide) groups is 1. The number of ether oxygens (including phenoxy) is 1. The van der Waals surface area contributed by atoms with Crippen LogP contribution in [0, 0.1) is 0 Å². The second kappa shape index (κ2) is 8.24. The molecular weight excluding hydrogens is 357 g/mol. The number of carbonyl (C=O) groups excluding carboxylic acids is 2. The lowest BCUT2D eigenvalue weighted by molar-refractivity contribution is -0.152. The number of halogens is 2. The number of hydrogen-bond acceptors (Lipinski definition) is 4. The molecule has 2 N–H and O–H groups in total. The molecule has 0 aliphatic rings. The average Bonchev–Trinajstić information content (AvgIpc) is 2.54. The first-order valence-electron chi connectivity index (χ1n) is 6.59. The van der Waals surface area contributed by atoms with E-state index >= 15 is 0 Å². The Morgan fingerprint density at radius 2 is 1.83 bits per heavy atom. The van der Waals surface area contributed by atoms with Crippen LogP contribution < -0.4 is 5.73 Å². The summed E-state index contributed by atoms with van der Waals surface area (Å²) in [4.78, 5) is 24.1. The highest BCUT2D eigenvalue weighted by Crippen LogP contribution is 2.30. The van der Waals surface area contributed by atoms with Crippen LogP contribution in [0.3, 0.4) is 0 Å². The minimum absolute atomic E-state index is 0.0172. The van der Waals surface area contributed by atoms with Gasteiger partial charge in [-0.05, 0) is 18.2 Å². The molecule has 0 radical (unpaired) electrons. The Bertz CT molecular complexity index is 710. The van der Waals surface area contributed by atoms with E-state index in [2.05, 4.69) is 0 Å². The van der Waals surface area contributed by atoms with E-state index in [4.69, 9.17) is 33.7 Å². The molecule has 4 nitrogen and oxygen atoms in total. The van der Waals surface area contributed by atoms with Gasteiger partial charge in [-0.15, -0.1) is 11.8 Å². The van der Waals surface area contributed by atoms with Gasteiger partial charge in [-0.1, -0.05) is 53.5 Å². The van der Waals surface area contributed by atoms with Crippen molar-refractivity contribution >= 4 is 46.8 Å². The largest absolute Gasteiger partial charge is 0.447 e. The number of amides is 1. The van der Waals surface area contributed by atoms with E-state index in [0.29, 0.717) is 20.5 Å². The maximum absolute atomic E-state index is 12.0. The maximum atomic E-state index is 12.0. The standard InChI is InChI=1S/C16H13Cl2NO3S/c17-11-6-7-12(18)13(8-11)23-9-14(20)22-15(16(19)21)10-4-2-1-3-5-10/h1-8,15H,9H2,(H2,19,21). The van der Waals surface area contributed by atoms with Crippen LogP contribution >= 0.6 is 35.0 Å². The first-order chi connectivity index (χ1) is 11.0. The highest BCUT2D eigenvalue weighted by atomic mass is 35.5. The molecule has 0 aromatic heterocycles. The van der Waals surface area contributed by atoms with Gasteiger partial charge >= 0.3 is 5.97 Å². The molecule has 23 heavy (non-hydrogen) atoms. The van der Waals surface area contributed by atoms with Crippen molar-refractivity contribution in [1.29, 1.82) is 0 Å². The lowest BCUT2D eigenvalue weighted by atomic mass is 10.1. The van der Waals surface area contributed by atoms with Crippen LogP contribution in [0.5, 0.6) is 0 Å². The summed E-state index contributed by atoms with van der Waals surface area (Å²) >= 11 is 13.1. The lowest BCUT2D eigenvalue weighted by Crippen LogP contribution is -2.26. The van der Waals surface area contributed by atoms with E-state index in [0.717, 1.165) is 0 Å². The van der Waals surface area contributed by atoms with Gasteiger partial charge in [-0.3, -0.25) is 9.59 Å². The van der Waals surface area contributed by atoms with Crippen LogP contribution in [0.15, 0.2) is 53.4 Å². The highest BCUT2D eigenvalue weighted by Gasteiger charge is 2.22. The minimum Gasteiger partial charge on any atom is -0.447 e. The number of carbonyl (C=O) groups is 2. The summed E-state index contributed by atoms with van der Waals surface area (Å²) in [7, 11) is 0. The fraction of sp³-hybridized carbons (Fsp3) is 0.125. The van der Waals surface area contributed by atoms with Gasteiger partial charge in [0.1, 0.15) is 0 Å². The average molecular weight is 370 g/mol. The molecule has 2 aromatic rings. The van der Waals surface area contributed by atoms with Crippen molar-refractivity contribution in [2.75, 3.05) is 5.75 Å². The lowest BCUT2D eigenvalue weighted by Gasteiger charge is -2.15. The van der Waals surface area contributed by atoms with Crippen molar-refractivity contribution < 1.29 is 14.3 Å². The molecule has 0 spiro atoms. The third-order valence-electron chi connectivity index (χ3n) is 2.85. The summed E-state index contributed by atoms with van der Waals surface area (Å²) in [5, 5.41) is 1.01. The van der Waals surface area contributed by atoms with E-state index in [1.807, 2.05) is 0 Å². The summed E-state index contributed by atoms with van der Waals surface area (Å²) in [6, 6.07) is 13.6. The molecule has 1 unspecified atom stereocenters. The SMILES string of the molecule is NC(=O)C(OC(=O)CSc1cc(Cl)ccc1Cl)c1ccccc1. The summed E-state index contributed by atoms with van der Waals surface area (Å²) < 4.78 is 5.18. The van der Waals surface area contributed by atoms with Crippen molar-refractivity contribution in [1.82, 2.24) is 0 Å². The summed E-state index contributed by atoms with van der Waals surface area (Å²) in [5.41, 5.74) is 5.83. The molecule has 0 bridgehead atoms. The topological polar surface area (TPSA) is 69.4 Å². The molecule has 0 saturated heterocycles. The Labute approximate surface area is 147 Å². The van der Waals surface area contributed by atoms with Crippen LogP contribution in [0.2, 0.25) is 10.0 Å². The minimum atomic E-state index is -1.11. The maximum Gasteiger partial charge on any atom is 0.317 e. The van der Waals surface area contributed by atoms with Gasteiger partial charge in [0.25, 0.3) is 5.91 Å². The zero-order valence-electron chi connectivity index (χ0n) is 11.9. The van der Waals surface area contributed by atoms with Gasteiger partial charge in [0.05, 0.1) is 10.8 Å². The number of nitrogens with two attached hydrogens (primary N) is 1. The van der Waals surface area contributed by atoms with E-state index < -0.39 is 18.0 Å². The van der Waals surface area contributed by atoms with Crippen molar-refractivity contribution in [2.45, 2.75) is 11.0 Å². The predicted molar refractivity (Wildman–Crippen MR) is 91.7 cm³/mol. The Balaban J connectivity index is 2.00. The van der Waals surface area contributed by atoms with Crippen molar-refractivity contribution in [3.8, 4) is 0 Å². The monoisotopic (exact) mass is 369 g/mol. The molecule has 7 heteroatoms. The Morgan fingerprint density at radius 3 is 2.48 bits per heavy atom. The Hall–Kier alpha value is -1.69. The van der Waals surface area contributed by atoms with Gasteiger partial charge in [0, 0.05) is 15.5 Å². The zero-order valence-corrected chi connectivity index (χ0v) is 14.2. The van der Waals surface area contributed by atoms with Gasteiger partial charge in [-0.25, -0.2) is 0 Å². The molecule has 120 valence electrons. The summed E-state index contributed by atoms with van der Waals surface area (Å²) in [5.74, 6) is -1.31. The van der Waals surface area contributed by atoms with E-state index in [-0.39, 0.29) is 5.75 Å². The summed E-state index contributed by atoms with van der Waals surface area (Å²) in [6.45, 7) is 0. The number of hydrogen-bond donors (Lipinski definition) is 1. The normalized spacial score (nSPS) is 11.7. The smallest absolute Gasteiger partial charge is 0.317 e. The van der Waals surface area contributed by atoms with Crippen molar-refractivity contribution in [3.05, 3.63) is 64.1 Å². The Kier molecular flexibility index (Phi) is 6.33. The van der Waals surface area contributed by atoms with Crippen LogP contribution in [0.4, 0.5) is 0 Å². The third kappa shape index (κ3) is 5.16. The molecule has 2 aromatic carbocycles. The molecule has 1 atom stereocenters. The Morgan fingerprint density at radius 1 is 1.13 bits per heavy atom. The summed E-state index contributed by atoms with van der Waals surface area (Å²) in [6.07, 6.45) is -1.11. The van der Waals surface area contributed by atoms with Crippen LogP contribution in [-0.2, 0) is 14.3 Å². The quantitative estimate of drug-likeness (QED) is 0.619. The van der Waals surface area contributed by atoms with E-state index in [1.165, 1.54) is 11.8 Å². The number of esters is 1. The van der Waals surface area contributed by atoms with Gasteiger partial charge < -0.3 is 10.5 Å².